The second-order valence-corrected chi connectivity index (χ2v) is 13.3. The summed E-state index contributed by atoms with van der Waals surface area (Å²) in [6, 6.07) is -1.85. The Morgan fingerprint density at radius 1 is 1.17 bits per heavy atom. The number of nitrogens with two attached hydrogens (primary N) is 1. The SMILES string of the molecule is CC(C)C[C@@H]1NC(=O)C2(C/C=C/C[C@@H]3COCC[C@@H]3NC1=O)CCN(C(=O)[C@H](CC(N)=O)NC(=O)OC(C)(C)C)CC2. The van der Waals surface area contributed by atoms with Crippen LogP contribution >= 0.6 is 0 Å². The molecule has 12 nitrogen and oxygen atoms in total. The third-order valence-electron chi connectivity index (χ3n) is 8.15. The van der Waals surface area contributed by atoms with E-state index in [1.165, 1.54) is 0 Å². The van der Waals surface area contributed by atoms with Crippen molar-refractivity contribution in [3.05, 3.63) is 12.2 Å². The number of fused-ring (bicyclic) bond motifs is 1. The van der Waals surface area contributed by atoms with Gasteiger partial charge in [-0.3, -0.25) is 19.2 Å². The molecule has 0 saturated carbocycles. The first-order chi connectivity index (χ1) is 19.7. The van der Waals surface area contributed by atoms with E-state index in [2.05, 4.69) is 22.0 Å². The molecule has 5 amide bonds. The largest absolute Gasteiger partial charge is 0.444 e. The van der Waals surface area contributed by atoms with E-state index in [-0.39, 0.29) is 49.2 Å². The molecule has 3 aliphatic rings. The van der Waals surface area contributed by atoms with Gasteiger partial charge in [0.1, 0.15) is 17.7 Å². The van der Waals surface area contributed by atoms with Gasteiger partial charge in [-0.25, -0.2) is 4.79 Å². The van der Waals surface area contributed by atoms with Crippen LogP contribution in [-0.4, -0.2) is 84.7 Å². The number of amides is 5. The molecule has 3 heterocycles. The fraction of sp³-hybridized carbons (Fsp3) is 0.767. The van der Waals surface area contributed by atoms with Gasteiger partial charge in [-0.1, -0.05) is 26.0 Å². The van der Waals surface area contributed by atoms with Gasteiger partial charge in [-0.15, -0.1) is 0 Å². The standard InChI is InChI=1S/C30H49N5O7/c1-19(2)16-22-25(37)32-21-9-15-41-18-20(21)8-6-7-10-30(27(39)33-22)11-13-35(14-12-30)26(38)23(17-24(31)36)34-28(40)42-29(3,4)5/h6-7,19-23H,8-18H2,1-5H3,(H2,31,36)(H,32,37)(H,33,39)(H,34,40)/b7-6+/t20-,21+,22+,23+/m1/s1. The summed E-state index contributed by atoms with van der Waals surface area (Å²) in [5.74, 6) is -1.23. The number of carbonyl (C=O) groups is 5. The third-order valence-corrected chi connectivity index (χ3v) is 8.15. The van der Waals surface area contributed by atoms with E-state index in [0.717, 1.165) is 12.8 Å². The third kappa shape index (κ3) is 9.43. The molecule has 0 aromatic heterocycles. The topological polar surface area (TPSA) is 169 Å². The zero-order chi connectivity index (χ0) is 31.1. The first-order valence-electron chi connectivity index (χ1n) is 15.1. The van der Waals surface area contributed by atoms with Gasteiger partial charge in [0, 0.05) is 31.7 Å². The molecule has 0 radical (unpaired) electrons. The summed E-state index contributed by atoms with van der Waals surface area (Å²) in [4.78, 5) is 66.3. The summed E-state index contributed by atoms with van der Waals surface area (Å²) < 4.78 is 11.0. The van der Waals surface area contributed by atoms with E-state index in [1.807, 2.05) is 19.9 Å². The summed E-state index contributed by atoms with van der Waals surface area (Å²) in [5, 5.41) is 8.72. The number of rotatable bonds is 6. The highest BCUT2D eigenvalue weighted by Gasteiger charge is 2.44. The molecule has 42 heavy (non-hydrogen) atoms. The van der Waals surface area contributed by atoms with E-state index < -0.39 is 41.0 Å². The van der Waals surface area contributed by atoms with Crippen LogP contribution in [0, 0.1) is 17.3 Å². The minimum Gasteiger partial charge on any atom is -0.444 e. The van der Waals surface area contributed by atoms with Crippen LogP contribution in [0.5, 0.6) is 0 Å². The molecule has 0 unspecified atom stereocenters. The van der Waals surface area contributed by atoms with Crippen LogP contribution in [0.25, 0.3) is 0 Å². The Hall–Kier alpha value is -3.15. The Bertz CT molecular complexity index is 1030. The zero-order valence-electron chi connectivity index (χ0n) is 25.7. The molecule has 2 saturated heterocycles. The van der Waals surface area contributed by atoms with Crippen molar-refractivity contribution in [2.75, 3.05) is 26.3 Å². The first-order valence-corrected chi connectivity index (χ1v) is 15.1. The number of piperidine rings is 1. The number of likely N-dealkylation sites (tertiary alicyclic amines) is 1. The average Bonchev–Trinajstić information content (AvgIpc) is 2.89. The molecule has 3 aliphatic heterocycles. The highest BCUT2D eigenvalue weighted by atomic mass is 16.6. The minimum atomic E-state index is -1.18. The number of primary amides is 1. The van der Waals surface area contributed by atoms with Crippen LogP contribution in [0.1, 0.15) is 79.6 Å². The maximum atomic E-state index is 13.9. The van der Waals surface area contributed by atoms with Crippen molar-refractivity contribution < 1.29 is 33.4 Å². The lowest BCUT2D eigenvalue weighted by atomic mass is 9.74. The van der Waals surface area contributed by atoms with Gasteiger partial charge in [0.15, 0.2) is 0 Å². The van der Waals surface area contributed by atoms with E-state index in [1.54, 1.807) is 25.7 Å². The molecular weight excluding hydrogens is 542 g/mol. The minimum absolute atomic E-state index is 0.00672. The molecule has 1 spiro atoms. The number of alkyl carbamates (subject to hydrolysis) is 1. The second kappa shape index (κ2) is 14.3. The van der Waals surface area contributed by atoms with E-state index in [0.29, 0.717) is 38.9 Å². The number of nitrogens with one attached hydrogen (secondary N) is 3. The van der Waals surface area contributed by atoms with Crippen LogP contribution in [-0.2, 0) is 28.7 Å². The van der Waals surface area contributed by atoms with Crippen LogP contribution in [0.4, 0.5) is 4.79 Å². The quantitative estimate of drug-likeness (QED) is 0.341. The second-order valence-electron chi connectivity index (χ2n) is 13.3. The van der Waals surface area contributed by atoms with Gasteiger partial charge in [0.05, 0.1) is 18.4 Å². The van der Waals surface area contributed by atoms with Crippen LogP contribution in [0.15, 0.2) is 12.2 Å². The van der Waals surface area contributed by atoms with Gasteiger partial charge in [-0.05, 0) is 65.2 Å². The molecule has 5 N–H and O–H groups in total. The van der Waals surface area contributed by atoms with E-state index in [4.69, 9.17) is 15.2 Å². The number of carbonyl (C=O) groups excluding carboxylic acids is 5. The Kier molecular flexibility index (Phi) is 11.4. The number of hydrogen-bond acceptors (Lipinski definition) is 7. The van der Waals surface area contributed by atoms with Gasteiger partial charge < -0.3 is 36.1 Å². The van der Waals surface area contributed by atoms with Crippen molar-refractivity contribution in [2.45, 2.75) is 103 Å². The molecule has 236 valence electrons. The molecule has 0 aliphatic carbocycles. The molecule has 0 aromatic rings. The van der Waals surface area contributed by atoms with Gasteiger partial charge in [0.2, 0.25) is 23.6 Å². The first kappa shape index (κ1) is 33.4. The summed E-state index contributed by atoms with van der Waals surface area (Å²) in [5.41, 5.74) is 3.77. The normalized spacial score (nSPS) is 26.5. The maximum absolute atomic E-state index is 13.9. The Morgan fingerprint density at radius 2 is 1.86 bits per heavy atom. The number of hydrogen-bond donors (Lipinski definition) is 4. The lowest BCUT2D eigenvalue weighted by Crippen LogP contribution is -2.58. The predicted octanol–water partition coefficient (Wildman–Crippen LogP) is 1.77. The molecule has 4 atom stereocenters. The average molecular weight is 592 g/mol. The Morgan fingerprint density at radius 3 is 2.48 bits per heavy atom. The van der Waals surface area contributed by atoms with Gasteiger partial charge in [-0.2, -0.15) is 0 Å². The lowest BCUT2D eigenvalue weighted by Gasteiger charge is -2.42. The molecule has 12 heteroatoms. The summed E-state index contributed by atoms with van der Waals surface area (Å²) in [6.45, 7) is 10.8. The highest BCUT2D eigenvalue weighted by Crippen LogP contribution is 2.37. The maximum Gasteiger partial charge on any atom is 0.408 e. The van der Waals surface area contributed by atoms with Gasteiger partial charge >= 0.3 is 6.09 Å². The summed E-state index contributed by atoms with van der Waals surface area (Å²) in [7, 11) is 0. The summed E-state index contributed by atoms with van der Waals surface area (Å²) >= 11 is 0. The van der Waals surface area contributed by atoms with E-state index >= 15 is 0 Å². The van der Waals surface area contributed by atoms with Crippen LogP contribution < -0.4 is 21.7 Å². The number of ether oxygens (including phenoxy) is 2. The molecule has 0 aromatic carbocycles. The van der Waals surface area contributed by atoms with Gasteiger partial charge in [0.25, 0.3) is 0 Å². The molecule has 2 fully saturated rings. The van der Waals surface area contributed by atoms with Crippen molar-refractivity contribution in [3.8, 4) is 0 Å². The highest BCUT2D eigenvalue weighted by molar-refractivity contribution is 5.92. The van der Waals surface area contributed by atoms with Crippen molar-refractivity contribution in [1.29, 1.82) is 0 Å². The van der Waals surface area contributed by atoms with Crippen molar-refractivity contribution in [2.24, 2.45) is 23.0 Å². The Balaban J connectivity index is 1.77. The number of nitrogens with zero attached hydrogens (tertiary/aromatic N) is 1. The zero-order valence-corrected chi connectivity index (χ0v) is 25.7. The monoisotopic (exact) mass is 591 g/mol. The predicted molar refractivity (Wildman–Crippen MR) is 156 cm³/mol. The fourth-order valence-electron chi connectivity index (χ4n) is 5.85. The van der Waals surface area contributed by atoms with Crippen molar-refractivity contribution in [3.63, 3.8) is 0 Å². The van der Waals surface area contributed by atoms with Crippen LogP contribution in [0.2, 0.25) is 0 Å². The molecule has 3 rings (SSSR count). The van der Waals surface area contributed by atoms with E-state index in [9.17, 15) is 24.0 Å². The smallest absolute Gasteiger partial charge is 0.408 e. The molecular formula is C30H49N5O7. The summed E-state index contributed by atoms with van der Waals surface area (Å²) in [6.07, 6.45) is 6.05. The Labute approximate surface area is 248 Å². The van der Waals surface area contributed by atoms with Crippen molar-refractivity contribution >= 4 is 29.7 Å². The lowest BCUT2D eigenvalue weighted by molar-refractivity contribution is -0.143. The molecule has 0 bridgehead atoms. The van der Waals surface area contributed by atoms with Crippen LogP contribution in [0.3, 0.4) is 0 Å². The fourth-order valence-corrected chi connectivity index (χ4v) is 5.85. The van der Waals surface area contributed by atoms with Crippen molar-refractivity contribution in [1.82, 2.24) is 20.9 Å². The number of allylic oxidation sites excluding steroid dienone is 2.